The Morgan fingerprint density at radius 2 is 2.06 bits per heavy atom. The summed E-state index contributed by atoms with van der Waals surface area (Å²) in [5.41, 5.74) is 0.866. The Balaban J connectivity index is 1.88. The molecule has 2 saturated carbocycles. The van der Waals surface area contributed by atoms with Crippen molar-refractivity contribution in [2.75, 3.05) is 13.1 Å². The highest BCUT2D eigenvalue weighted by Gasteiger charge is 2.62. The van der Waals surface area contributed by atoms with Crippen molar-refractivity contribution in [1.82, 2.24) is 5.32 Å². The highest BCUT2D eigenvalue weighted by molar-refractivity contribution is 5.11. The lowest BCUT2D eigenvalue weighted by Crippen LogP contribution is -2.40. The lowest BCUT2D eigenvalue weighted by atomic mass is 9.70. The molecule has 2 heteroatoms. The van der Waals surface area contributed by atoms with Crippen molar-refractivity contribution in [3.63, 3.8) is 0 Å². The smallest absolute Gasteiger partial charge is 0.0675 e. The van der Waals surface area contributed by atoms with Gasteiger partial charge in [0.1, 0.15) is 0 Å². The molecule has 106 valence electrons. The SMILES string of the molecule is CCCNCC(C)OC1CC2CCC1(C)C2(C)C. The maximum absolute atomic E-state index is 6.37. The van der Waals surface area contributed by atoms with Crippen LogP contribution >= 0.6 is 0 Å². The van der Waals surface area contributed by atoms with Crippen LogP contribution in [0.1, 0.15) is 60.3 Å². The predicted octanol–water partition coefficient (Wildman–Crippen LogP) is 3.61. The van der Waals surface area contributed by atoms with E-state index in [1.54, 1.807) is 0 Å². The van der Waals surface area contributed by atoms with Gasteiger partial charge in [0.2, 0.25) is 0 Å². The molecule has 2 fully saturated rings. The number of hydrogen-bond acceptors (Lipinski definition) is 2. The highest BCUT2D eigenvalue weighted by Crippen LogP contribution is 2.66. The van der Waals surface area contributed by atoms with Crippen LogP contribution in [-0.2, 0) is 4.74 Å². The van der Waals surface area contributed by atoms with Crippen LogP contribution in [0.2, 0.25) is 0 Å². The average molecular weight is 253 g/mol. The molecular formula is C16H31NO. The van der Waals surface area contributed by atoms with Gasteiger partial charge in [0.25, 0.3) is 0 Å². The quantitative estimate of drug-likeness (QED) is 0.730. The van der Waals surface area contributed by atoms with Gasteiger partial charge in [0, 0.05) is 6.54 Å². The Hall–Kier alpha value is -0.0800. The average Bonchev–Trinajstić information content (AvgIpc) is 2.62. The van der Waals surface area contributed by atoms with Crippen molar-refractivity contribution in [3.05, 3.63) is 0 Å². The Labute approximate surface area is 113 Å². The zero-order valence-electron chi connectivity index (χ0n) is 12.9. The van der Waals surface area contributed by atoms with Crippen LogP contribution in [0.15, 0.2) is 0 Å². The van der Waals surface area contributed by atoms with Crippen molar-refractivity contribution in [2.24, 2.45) is 16.7 Å². The molecule has 2 aliphatic rings. The fourth-order valence-electron chi connectivity index (χ4n) is 4.15. The molecule has 2 rings (SSSR count). The molecule has 2 nitrogen and oxygen atoms in total. The molecule has 0 aromatic carbocycles. The molecule has 0 saturated heterocycles. The second-order valence-corrected chi connectivity index (χ2v) is 7.25. The fraction of sp³-hybridized carbons (Fsp3) is 1.00. The third kappa shape index (κ3) is 2.22. The van der Waals surface area contributed by atoms with Crippen molar-refractivity contribution in [2.45, 2.75) is 72.5 Å². The molecule has 0 aromatic heterocycles. The van der Waals surface area contributed by atoms with Gasteiger partial charge in [-0.15, -0.1) is 0 Å². The Morgan fingerprint density at radius 3 is 2.56 bits per heavy atom. The molecule has 0 aliphatic heterocycles. The maximum Gasteiger partial charge on any atom is 0.0675 e. The molecule has 2 aliphatic carbocycles. The van der Waals surface area contributed by atoms with Crippen molar-refractivity contribution in [1.29, 1.82) is 0 Å². The minimum Gasteiger partial charge on any atom is -0.373 e. The van der Waals surface area contributed by atoms with E-state index in [4.69, 9.17) is 4.74 Å². The molecule has 0 heterocycles. The lowest BCUT2D eigenvalue weighted by Gasteiger charge is -2.40. The van der Waals surface area contributed by atoms with E-state index >= 15 is 0 Å². The second-order valence-electron chi connectivity index (χ2n) is 7.25. The van der Waals surface area contributed by atoms with E-state index in [-0.39, 0.29) is 0 Å². The molecular weight excluding hydrogens is 222 g/mol. The molecule has 4 atom stereocenters. The molecule has 4 unspecified atom stereocenters. The van der Waals surface area contributed by atoms with Crippen molar-refractivity contribution >= 4 is 0 Å². The van der Waals surface area contributed by atoms with E-state index in [9.17, 15) is 0 Å². The van der Waals surface area contributed by atoms with Crippen LogP contribution in [0.4, 0.5) is 0 Å². The van der Waals surface area contributed by atoms with E-state index in [1.165, 1.54) is 25.7 Å². The second kappa shape index (κ2) is 5.13. The predicted molar refractivity (Wildman–Crippen MR) is 76.7 cm³/mol. The number of hydrogen-bond donors (Lipinski definition) is 1. The fourth-order valence-corrected chi connectivity index (χ4v) is 4.15. The Kier molecular flexibility index (Phi) is 4.08. The van der Waals surface area contributed by atoms with Gasteiger partial charge in [-0.3, -0.25) is 0 Å². The van der Waals surface area contributed by atoms with Gasteiger partial charge in [-0.1, -0.05) is 27.7 Å². The summed E-state index contributed by atoms with van der Waals surface area (Å²) in [6.07, 6.45) is 6.05. The summed E-state index contributed by atoms with van der Waals surface area (Å²) in [5, 5.41) is 3.46. The van der Waals surface area contributed by atoms with Gasteiger partial charge in [0.05, 0.1) is 12.2 Å². The molecule has 0 radical (unpaired) electrons. The largest absolute Gasteiger partial charge is 0.373 e. The Bertz CT molecular complexity index is 289. The summed E-state index contributed by atoms with van der Waals surface area (Å²) in [6, 6.07) is 0. The minimum atomic E-state index is 0.341. The van der Waals surface area contributed by atoms with Gasteiger partial charge in [-0.05, 0) is 55.9 Å². The van der Waals surface area contributed by atoms with Crippen LogP contribution in [0.25, 0.3) is 0 Å². The first-order valence-electron chi connectivity index (χ1n) is 7.78. The first-order chi connectivity index (χ1) is 8.41. The molecule has 18 heavy (non-hydrogen) atoms. The first kappa shape index (κ1) is 14.3. The number of fused-ring (bicyclic) bond motifs is 2. The normalized spacial score (nSPS) is 39.2. The summed E-state index contributed by atoms with van der Waals surface area (Å²) in [4.78, 5) is 0. The summed E-state index contributed by atoms with van der Waals surface area (Å²) >= 11 is 0. The summed E-state index contributed by atoms with van der Waals surface area (Å²) in [5.74, 6) is 0.878. The molecule has 1 N–H and O–H groups in total. The van der Waals surface area contributed by atoms with Gasteiger partial charge >= 0.3 is 0 Å². The third-order valence-electron chi connectivity index (χ3n) is 5.97. The summed E-state index contributed by atoms with van der Waals surface area (Å²) < 4.78 is 6.37. The number of rotatable bonds is 6. The van der Waals surface area contributed by atoms with E-state index in [0.29, 0.717) is 23.0 Å². The highest BCUT2D eigenvalue weighted by atomic mass is 16.5. The van der Waals surface area contributed by atoms with Gasteiger partial charge in [-0.2, -0.15) is 0 Å². The zero-order valence-corrected chi connectivity index (χ0v) is 12.9. The van der Waals surface area contributed by atoms with E-state index in [2.05, 4.69) is 39.9 Å². The molecule has 0 amide bonds. The van der Waals surface area contributed by atoms with Crippen LogP contribution < -0.4 is 5.32 Å². The standard InChI is InChI=1S/C16H31NO/c1-6-9-17-11-12(2)18-14-10-13-7-8-16(14,5)15(13,3)4/h12-14,17H,6-11H2,1-5H3. The molecule has 0 aromatic rings. The number of nitrogens with one attached hydrogen (secondary N) is 1. The van der Waals surface area contributed by atoms with Crippen LogP contribution in [0.3, 0.4) is 0 Å². The topological polar surface area (TPSA) is 21.3 Å². The van der Waals surface area contributed by atoms with E-state index < -0.39 is 0 Å². The van der Waals surface area contributed by atoms with Crippen LogP contribution in [-0.4, -0.2) is 25.3 Å². The van der Waals surface area contributed by atoms with E-state index in [0.717, 1.165) is 19.0 Å². The number of ether oxygens (including phenoxy) is 1. The van der Waals surface area contributed by atoms with E-state index in [1.807, 2.05) is 0 Å². The third-order valence-corrected chi connectivity index (χ3v) is 5.97. The maximum atomic E-state index is 6.37. The molecule has 0 spiro atoms. The zero-order chi connectivity index (χ0) is 13.4. The van der Waals surface area contributed by atoms with Crippen LogP contribution in [0.5, 0.6) is 0 Å². The monoisotopic (exact) mass is 253 g/mol. The minimum absolute atomic E-state index is 0.341. The van der Waals surface area contributed by atoms with Crippen LogP contribution in [0, 0.1) is 16.7 Å². The van der Waals surface area contributed by atoms with Gasteiger partial charge in [-0.25, -0.2) is 0 Å². The van der Waals surface area contributed by atoms with Gasteiger partial charge < -0.3 is 10.1 Å². The molecule has 2 bridgehead atoms. The van der Waals surface area contributed by atoms with Crippen molar-refractivity contribution < 1.29 is 4.74 Å². The summed E-state index contributed by atoms with van der Waals surface area (Å²) in [7, 11) is 0. The van der Waals surface area contributed by atoms with Gasteiger partial charge in [0.15, 0.2) is 0 Å². The first-order valence-corrected chi connectivity index (χ1v) is 7.78. The lowest BCUT2D eigenvalue weighted by molar-refractivity contribution is -0.0790. The Morgan fingerprint density at radius 1 is 1.33 bits per heavy atom. The summed E-state index contributed by atoms with van der Waals surface area (Å²) in [6.45, 7) is 13.9. The van der Waals surface area contributed by atoms with Crippen molar-refractivity contribution in [3.8, 4) is 0 Å².